The van der Waals surface area contributed by atoms with Gasteiger partial charge in [0.1, 0.15) is 6.42 Å². The number of carbonyl (C=O) groups excluding carboxylic acids is 1. The molecule has 96 valence electrons. The van der Waals surface area contributed by atoms with E-state index in [-0.39, 0.29) is 12.4 Å². The van der Waals surface area contributed by atoms with E-state index in [4.69, 9.17) is 4.74 Å². The van der Waals surface area contributed by atoms with Crippen LogP contribution in [0.2, 0.25) is 19.6 Å². The zero-order valence-electron chi connectivity index (χ0n) is 11.5. The van der Waals surface area contributed by atoms with E-state index in [1.807, 2.05) is 12.1 Å². The molecule has 0 unspecified atom stereocenters. The molecule has 0 spiro atoms. The summed E-state index contributed by atoms with van der Waals surface area (Å²) in [6, 6.07) is 8.29. The summed E-state index contributed by atoms with van der Waals surface area (Å²) in [4.78, 5) is 11.1. The van der Waals surface area contributed by atoms with E-state index in [9.17, 15) is 4.79 Å². The minimum atomic E-state index is -1.30. The molecular formula is C15H20O2Si. The van der Waals surface area contributed by atoms with E-state index >= 15 is 0 Å². The molecule has 0 amide bonds. The smallest absolute Gasteiger partial charge is 0.317 e. The highest BCUT2D eigenvalue weighted by Crippen LogP contribution is 2.04. The van der Waals surface area contributed by atoms with Crippen LogP contribution in [-0.4, -0.2) is 20.7 Å². The second-order valence-electron chi connectivity index (χ2n) is 5.11. The van der Waals surface area contributed by atoms with Gasteiger partial charge in [-0.05, 0) is 19.1 Å². The minimum absolute atomic E-state index is 0.158. The fourth-order valence-corrected chi connectivity index (χ4v) is 2.68. The normalized spacial score (nSPS) is 10.4. The molecule has 0 aliphatic carbocycles. The van der Waals surface area contributed by atoms with E-state index in [1.165, 1.54) is 5.19 Å². The largest absolute Gasteiger partial charge is 0.465 e. The van der Waals surface area contributed by atoms with E-state index in [2.05, 4.69) is 43.6 Å². The summed E-state index contributed by atoms with van der Waals surface area (Å²) in [6.45, 7) is 9.11. The minimum Gasteiger partial charge on any atom is -0.465 e. The Morgan fingerprint density at radius 2 is 2.06 bits per heavy atom. The maximum atomic E-state index is 11.1. The molecule has 0 N–H and O–H groups in total. The number of ether oxygens (including phenoxy) is 1. The lowest BCUT2D eigenvalue weighted by atomic mass is 10.2. The van der Waals surface area contributed by atoms with E-state index in [0.717, 1.165) is 5.56 Å². The quantitative estimate of drug-likeness (QED) is 0.474. The summed E-state index contributed by atoms with van der Waals surface area (Å²) in [5.74, 6) is 5.62. The maximum Gasteiger partial charge on any atom is 0.317 e. The van der Waals surface area contributed by atoms with Gasteiger partial charge in [-0.2, -0.15) is 0 Å². The fraction of sp³-hybridized carbons (Fsp3) is 0.400. The molecule has 0 aliphatic heterocycles. The van der Waals surface area contributed by atoms with Gasteiger partial charge >= 0.3 is 5.97 Å². The van der Waals surface area contributed by atoms with Crippen molar-refractivity contribution < 1.29 is 9.53 Å². The van der Waals surface area contributed by atoms with Crippen molar-refractivity contribution in [2.45, 2.75) is 33.0 Å². The molecule has 0 atom stereocenters. The standard InChI is InChI=1S/C15H20O2Si/c1-5-17-15(16)11-7-9-13-8-6-10-14(12-13)18(2,3)4/h6,8,10,12H,5,11H2,1-4H3. The van der Waals surface area contributed by atoms with E-state index in [0.29, 0.717) is 6.61 Å². The zero-order chi connectivity index (χ0) is 13.6. The highest BCUT2D eigenvalue weighted by molar-refractivity contribution is 6.88. The van der Waals surface area contributed by atoms with Gasteiger partial charge < -0.3 is 4.74 Å². The lowest BCUT2D eigenvalue weighted by Crippen LogP contribution is -2.37. The first-order chi connectivity index (χ1) is 8.43. The van der Waals surface area contributed by atoms with Crippen molar-refractivity contribution in [3.8, 4) is 11.8 Å². The van der Waals surface area contributed by atoms with Crippen molar-refractivity contribution in [1.29, 1.82) is 0 Å². The predicted molar refractivity (Wildman–Crippen MR) is 77.6 cm³/mol. The van der Waals surface area contributed by atoms with Crippen molar-refractivity contribution in [2.75, 3.05) is 6.61 Å². The second kappa shape index (κ2) is 6.41. The Labute approximate surface area is 110 Å². The summed E-state index contributed by atoms with van der Waals surface area (Å²) in [5, 5.41) is 1.38. The molecule has 0 saturated heterocycles. The molecule has 2 nitrogen and oxygen atoms in total. The Morgan fingerprint density at radius 1 is 1.33 bits per heavy atom. The molecule has 1 aromatic carbocycles. The van der Waals surface area contributed by atoms with Crippen LogP contribution < -0.4 is 5.19 Å². The van der Waals surface area contributed by atoms with Gasteiger partial charge in [0.15, 0.2) is 0 Å². The number of hydrogen-bond donors (Lipinski definition) is 0. The molecule has 0 fully saturated rings. The number of rotatable bonds is 3. The molecule has 0 radical (unpaired) electrons. The molecule has 0 bridgehead atoms. The molecule has 3 heteroatoms. The second-order valence-corrected chi connectivity index (χ2v) is 10.2. The SMILES string of the molecule is CCOC(=O)CC#Cc1cccc([Si](C)(C)C)c1. The Bertz CT molecular complexity index is 475. The highest BCUT2D eigenvalue weighted by atomic mass is 28.3. The van der Waals surface area contributed by atoms with Gasteiger partial charge in [-0.15, -0.1) is 0 Å². The van der Waals surface area contributed by atoms with Gasteiger partial charge in [0.2, 0.25) is 0 Å². The molecule has 18 heavy (non-hydrogen) atoms. The van der Waals surface area contributed by atoms with Crippen LogP contribution in [0.5, 0.6) is 0 Å². The van der Waals surface area contributed by atoms with Crippen LogP contribution in [0.25, 0.3) is 0 Å². The fourth-order valence-electron chi connectivity index (χ4n) is 1.49. The average Bonchev–Trinajstić information content (AvgIpc) is 2.29. The number of benzene rings is 1. The summed E-state index contributed by atoms with van der Waals surface area (Å²) in [6.07, 6.45) is 0.158. The highest BCUT2D eigenvalue weighted by Gasteiger charge is 2.15. The van der Waals surface area contributed by atoms with Crippen molar-refractivity contribution in [3.05, 3.63) is 29.8 Å². The Kier molecular flexibility index (Phi) is 5.18. The molecule has 1 aromatic rings. The lowest BCUT2D eigenvalue weighted by molar-refractivity contribution is -0.141. The molecule has 0 saturated carbocycles. The first-order valence-electron chi connectivity index (χ1n) is 6.18. The van der Waals surface area contributed by atoms with Crippen molar-refractivity contribution in [3.63, 3.8) is 0 Å². The van der Waals surface area contributed by atoms with Gasteiger partial charge in [0.25, 0.3) is 0 Å². The Hall–Kier alpha value is -1.53. The Balaban J connectivity index is 2.74. The van der Waals surface area contributed by atoms with Gasteiger partial charge in [-0.3, -0.25) is 4.79 Å². The number of hydrogen-bond acceptors (Lipinski definition) is 2. The third-order valence-electron chi connectivity index (χ3n) is 2.50. The van der Waals surface area contributed by atoms with Crippen LogP contribution in [0, 0.1) is 11.8 Å². The Morgan fingerprint density at radius 3 is 2.67 bits per heavy atom. The summed E-state index contributed by atoms with van der Waals surface area (Å²) >= 11 is 0. The van der Waals surface area contributed by atoms with Crippen molar-refractivity contribution >= 4 is 19.2 Å². The predicted octanol–water partition coefficient (Wildman–Crippen LogP) is 2.54. The summed E-state index contributed by atoms with van der Waals surface area (Å²) < 4.78 is 4.82. The van der Waals surface area contributed by atoms with Crippen molar-refractivity contribution in [1.82, 2.24) is 0 Å². The van der Waals surface area contributed by atoms with Crippen LogP contribution in [-0.2, 0) is 9.53 Å². The van der Waals surface area contributed by atoms with Crippen LogP contribution >= 0.6 is 0 Å². The zero-order valence-corrected chi connectivity index (χ0v) is 12.5. The van der Waals surface area contributed by atoms with Crippen LogP contribution in [0.4, 0.5) is 0 Å². The number of carbonyl (C=O) groups is 1. The monoisotopic (exact) mass is 260 g/mol. The van der Waals surface area contributed by atoms with Gasteiger partial charge in [0.05, 0.1) is 14.7 Å². The topological polar surface area (TPSA) is 26.3 Å². The molecule has 0 aliphatic rings. The molecule has 1 rings (SSSR count). The van der Waals surface area contributed by atoms with Gasteiger partial charge in [0, 0.05) is 5.56 Å². The number of esters is 1. The van der Waals surface area contributed by atoms with Gasteiger partial charge in [-0.25, -0.2) is 0 Å². The van der Waals surface area contributed by atoms with Crippen LogP contribution in [0.15, 0.2) is 24.3 Å². The third kappa shape index (κ3) is 4.76. The summed E-state index contributed by atoms with van der Waals surface area (Å²) in [5.41, 5.74) is 0.972. The average molecular weight is 260 g/mol. The molecule has 0 aromatic heterocycles. The summed E-state index contributed by atoms with van der Waals surface area (Å²) in [7, 11) is -1.30. The first kappa shape index (κ1) is 14.5. The lowest BCUT2D eigenvalue weighted by Gasteiger charge is -2.16. The third-order valence-corrected chi connectivity index (χ3v) is 4.54. The molecular weight excluding hydrogens is 240 g/mol. The van der Waals surface area contributed by atoms with Crippen LogP contribution in [0.1, 0.15) is 18.9 Å². The van der Waals surface area contributed by atoms with Crippen molar-refractivity contribution in [2.24, 2.45) is 0 Å². The van der Waals surface area contributed by atoms with Crippen LogP contribution in [0.3, 0.4) is 0 Å². The maximum absolute atomic E-state index is 11.1. The van der Waals surface area contributed by atoms with E-state index < -0.39 is 8.07 Å². The van der Waals surface area contributed by atoms with Gasteiger partial charge in [-0.1, -0.05) is 48.8 Å². The van der Waals surface area contributed by atoms with E-state index in [1.54, 1.807) is 6.92 Å². The first-order valence-corrected chi connectivity index (χ1v) is 9.68. The molecule has 0 heterocycles.